The maximum Gasteiger partial charge on any atom is 0.307 e. The number of rotatable bonds is 8. The second-order valence-corrected chi connectivity index (χ2v) is 13.7. The first-order valence-electron chi connectivity index (χ1n) is 10.2. The van der Waals surface area contributed by atoms with Crippen molar-refractivity contribution in [3.8, 4) is 0 Å². The molecule has 0 fully saturated rings. The molecule has 29 heavy (non-hydrogen) atoms. The largest absolute Gasteiger partial charge is 0.469 e. The molecule has 0 spiro atoms. The van der Waals surface area contributed by atoms with Gasteiger partial charge in [-0.2, -0.15) is 5.06 Å². The van der Waals surface area contributed by atoms with E-state index >= 15 is 0 Å². The fraction of sp³-hybridized carbons (Fsp3) is 0.458. The first-order chi connectivity index (χ1) is 13.6. The number of nitrogens with zero attached hydrogens (tertiary/aromatic N) is 1. The monoisotopic (exact) mass is 413 g/mol. The molecule has 2 aromatic carbocycles. The lowest BCUT2D eigenvalue weighted by Gasteiger charge is -2.45. The van der Waals surface area contributed by atoms with Gasteiger partial charge in [-0.15, -0.1) is 0 Å². The summed E-state index contributed by atoms with van der Waals surface area (Å²) in [5.41, 5.74) is 2.19. The quantitative estimate of drug-likeness (QED) is 0.289. The maximum absolute atomic E-state index is 12.3. The van der Waals surface area contributed by atoms with Gasteiger partial charge in [-0.25, -0.2) is 0 Å². The number of hydroxylamine groups is 2. The molecule has 5 heteroatoms. The normalized spacial score (nSPS) is 14.5. The zero-order chi connectivity index (χ0) is 21.7. The fourth-order valence-electron chi connectivity index (χ4n) is 2.96. The highest BCUT2D eigenvalue weighted by Crippen LogP contribution is 2.42. The van der Waals surface area contributed by atoms with Gasteiger partial charge in [-0.1, -0.05) is 81.4 Å². The van der Waals surface area contributed by atoms with Crippen LogP contribution in [-0.2, 0) is 14.1 Å². The van der Waals surface area contributed by atoms with E-state index in [0.29, 0.717) is 0 Å². The summed E-state index contributed by atoms with van der Waals surface area (Å²) in [6.07, 6.45) is 0.228. The maximum atomic E-state index is 12.3. The number of benzene rings is 2. The highest BCUT2D eigenvalue weighted by Gasteiger charge is 2.42. The van der Waals surface area contributed by atoms with Crippen LogP contribution < -0.4 is 0 Å². The minimum atomic E-state index is -2.15. The van der Waals surface area contributed by atoms with E-state index in [4.69, 9.17) is 9.26 Å². The molecule has 0 aliphatic carbocycles. The van der Waals surface area contributed by atoms with Crippen molar-refractivity contribution < 1.29 is 14.1 Å². The highest BCUT2D eigenvalue weighted by atomic mass is 28.4. The number of carbonyl (C=O) groups is 1. The summed E-state index contributed by atoms with van der Waals surface area (Å²) in [5, 5.41) is 2.08. The van der Waals surface area contributed by atoms with Crippen LogP contribution in [0, 0.1) is 0 Å². The van der Waals surface area contributed by atoms with E-state index in [0.717, 1.165) is 11.1 Å². The summed E-state index contributed by atoms with van der Waals surface area (Å²) in [6.45, 7) is 13.3. The van der Waals surface area contributed by atoms with E-state index in [-0.39, 0.29) is 29.5 Å². The number of esters is 1. The number of hydrogen-bond donors (Lipinski definition) is 0. The molecule has 4 nitrogen and oxygen atoms in total. The van der Waals surface area contributed by atoms with Gasteiger partial charge in [0.1, 0.15) is 0 Å². The van der Waals surface area contributed by atoms with Gasteiger partial charge in [0.25, 0.3) is 0 Å². The van der Waals surface area contributed by atoms with E-state index in [1.165, 1.54) is 7.11 Å². The average Bonchev–Trinajstić information content (AvgIpc) is 2.70. The summed E-state index contributed by atoms with van der Waals surface area (Å²) in [5.74, 6) is -0.247. The van der Waals surface area contributed by atoms with Crippen LogP contribution in [0.15, 0.2) is 60.7 Å². The summed E-state index contributed by atoms with van der Waals surface area (Å²) < 4.78 is 11.9. The van der Waals surface area contributed by atoms with Crippen molar-refractivity contribution in [3.05, 3.63) is 71.8 Å². The summed E-state index contributed by atoms with van der Waals surface area (Å²) in [6, 6.07) is 20.1. The summed E-state index contributed by atoms with van der Waals surface area (Å²) in [7, 11) is -0.712. The Morgan fingerprint density at radius 2 is 1.45 bits per heavy atom. The van der Waals surface area contributed by atoms with Gasteiger partial charge in [-0.05, 0) is 36.2 Å². The Morgan fingerprint density at radius 3 is 1.90 bits per heavy atom. The van der Waals surface area contributed by atoms with Crippen LogP contribution >= 0.6 is 0 Å². The van der Waals surface area contributed by atoms with E-state index in [1.54, 1.807) is 0 Å². The lowest BCUT2D eigenvalue weighted by Crippen LogP contribution is -2.48. The Hall–Kier alpha value is -1.95. The first kappa shape index (κ1) is 23.3. The molecule has 0 amide bonds. The molecule has 2 rings (SSSR count). The van der Waals surface area contributed by atoms with Gasteiger partial charge in [0, 0.05) is 0 Å². The molecule has 0 aliphatic heterocycles. The predicted octanol–water partition coefficient (Wildman–Crippen LogP) is 6.29. The minimum Gasteiger partial charge on any atom is -0.469 e. The molecule has 0 bridgehead atoms. The summed E-state index contributed by atoms with van der Waals surface area (Å²) in [4.78, 5) is 12.3. The second-order valence-electron chi connectivity index (χ2n) is 9.00. The molecule has 0 saturated carbocycles. The van der Waals surface area contributed by atoms with Crippen molar-refractivity contribution in [1.82, 2.24) is 5.06 Å². The van der Waals surface area contributed by atoms with Crippen molar-refractivity contribution in [2.75, 3.05) is 7.11 Å². The molecule has 0 aliphatic rings. The third-order valence-electron chi connectivity index (χ3n) is 5.88. The van der Waals surface area contributed by atoms with Gasteiger partial charge in [0.05, 0.1) is 25.6 Å². The zero-order valence-corrected chi connectivity index (χ0v) is 19.8. The first-order valence-corrected chi connectivity index (χ1v) is 13.1. The Balaban J connectivity index is 2.53. The van der Waals surface area contributed by atoms with Crippen LogP contribution in [0.25, 0.3) is 0 Å². The van der Waals surface area contributed by atoms with Crippen molar-refractivity contribution in [3.63, 3.8) is 0 Å². The lowest BCUT2D eigenvalue weighted by molar-refractivity contribution is -0.161. The van der Waals surface area contributed by atoms with Gasteiger partial charge in [-0.3, -0.25) is 4.79 Å². The van der Waals surface area contributed by atoms with Crippen molar-refractivity contribution in [1.29, 1.82) is 0 Å². The van der Waals surface area contributed by atoms with E-state index in [2.05, 4.69) is 52.9 Å². The predicted molar refractivity (Wildman–Crippen MR) is 121 cm³/mol. The van der Waals surface area contributed by atoms with Gasteiger partial charge >= 0.3 is 5.97 Å². The van der Waals surface area contributed by atoms with Crippen LogP contribution in [0.2, 0.25) is 18.1 Å². The summed E-state index contributed by atoms with van der Waals surface area (Å²) >= 11 is 0. The van der Waals surface area contributed by atoms with Gasteiger partial charge in [0.2, 0.25) is 8.32 Å². The van der Waals surface area contributed by atoms with E-state index < -0.39 is 8.32 Å². The molecule has 0 heterocycles. The second kappa shape index (κ2) is 9.70. The van der Waals surface area contributed by atoms with Crippen LogP contribution in [0.5, 0.6) is 0 Å². The Labute approximate surface area is 176 Å². The van der Waals surface area contributed by atoms with Crippen molar-refractivity contribution in [2.45, 2.75) is 64.3 Å². The van der Waals surface area contributed by atoms with Gasteiger partial charge < -0.3 is 9.26 Å². The van der Waals surface area contributed by atoms with E-state index in [9.17, 15) is 4.79 Å². The Bertz CT molecular complexity index is 772. The third-order valence-corrected chi connectivity index (χ3v) is 10.2. The Morgan fingerprint density at radius 1 is 0.966 bits per heavy atom. The van der Waals surface area contributed by atoms with Crippen LogP contribution in [-0.4, -0.2) is 26.5 Å². The van der Waals surface area contributed by atoms with Gasteiger partial charge in [0.15, 0.2) is 0 Å². The fourth-order valence-corrected chi connectivity index (χ4v) is 4.05. The molecule has 158 valence electrons. The molecular formula is C24H35NO3Si. The van der Waals surface area contributed by atoms with Crippen LogP contribution in [0.4, 0.5) is 0 Å². The molecular weight excluding hydrogens is 378 g/mol. The topological polar surface area (TPSA) is 38.8 Å². The molecule has 0 saturated heterocycles. The van der Waals surface area contributed by atoms with E-state index in [1.807, 2.05) is 53.6 Å². The number of carbonyl (C=O) groups excluding carboxylic acids is 1. The minimum absolute atomic E-state index is 0.0276. The lowest BCUT2D eigenvalue weighted by atomic mass is 10.00. The molecule has 2 atom stereocenters. The molecule has 2 aromatic rings. The molecule has 0 aromatic heterocycles. The molecule has 0 radical (unpaired) electrons. The highest BCUT2D eigenvalue weighted by molar-refractivity contribution is 6.74. The van der Waals surface area contributed by atoms with Crippen molar-refractivity contribution in [2.24, 2.45) is 0 Å². The zero-order valence-electron chi connectivity index (χ0n) is 18.8. The molecule has 0 unspecified atom stereocenters. The smallest absolute Gasteiger partial charge is 0.307 e. The Kier molecular flexibility index (Phi) is 7.80. The third kappa shape index (κ3) is 6.01. The number of hydrogen-bond acceptors (Lipinski definition) is 4. The SMILES string of the molecule is COC(=O)C[C@H](c1ccccc1)N(O[Si](C)(C)C(C)(C)C)[C@@H](C)c1ccccc1. The van der Waals surface area contributed by atoms with Crippen LogP contribution in [0.1, 0.15) is 57.3 Å². The number of methoxy groups -OCH3 is 1. The average molecular weight is 414 g/mol. The van der Waals surface area contributed by atoms with Crippen LogP contribution in [0.3, 0.4) is 0 Å². The van der Waals surface area contributed by atoms with Crippen molar-refractivity contribution >= 4 is 14.3 Å². The standard InChI is InChI=1S/C24H35NO3Si/c1-19(20-14-10-8-11-15-20)25(28-29(6,7)24(2,3)4)22(18-23(26)27-5)21-16-12-9-13-17-21/h8-17,19,22H,18H2,1-7H3/t19-,22+/m0/s1. The molecule has 0 N–H and O–H groups in total. The number of ether oxygens (including phenoxy) is 1.